The predicted octanol–water partition coefficient (Wildman–Crippen LogP) is 2.85. The Morgan fingerprint density at radius 3 is 2.43 bits per heavy atom. The molecular formula is C15H21ClN2O3. The molecule has 0 aliphatic carbocycles. The molecule has 0 fully saturated rings. The van der Waals surface area contributed by atoms with Crippen molar-refractivity contribution in [2.75, 3.05) is 18.4 Å². The van der Waals surface area contributed by atoms with E-state index in [0.29, 0.717) is 30.2 Å². The Balaban J connectivity index is 2.46. The van der Waals surface area contributed by atoms with Crippen molar-refractivity contribution in [3.63, 3.8) is 0 Å². The van der Waals surface area contributed by atoms with E-state index in [1.165, 1.54) is 0 Å². The third-order valence-corrected chi connectivity index (χ3v) is 3.45. The molecule has 0 heterocycles. The van der Waals surface area contributed by atoms with E-state index >= 15 is 0 Å². The van der Waals surface area contributed by atoms with Crippen LogP contribution in [0.4, 0.5) is 5.69 Å². The van der Waals surface area contributed by atoms with Gasteiger partial charge in [-0.05, 0) is 26.0 Å². The van der Waals surface area contributed by atoms with Crippen LogP contribution in [0.15, 0.2) is 24.3 Å². The molecule has 5 nitrogen and oxygen atoms in total. The van der Waals surface area contributed by atoms with Crippen molar-refractivity contribution in [2.45, 2.75) is 32.7 Å². The number of nitrogens with zero attached hydrogens (tertiary/aromatic N) is 1. The summed E-state index contributed by atoms with van der Waals surface area (Å²) in [4.78, 5) is 24.5. The van der Waals surface area contributed by atoms with Crippen LogP contribution in [0.2, 0.25) is 5.02 Å². The van der Waals surface area contributed by atoms with Gasteiger partial charge in [0.15, 0.2) is 0 Å². The number of carbonyl (C=O) groups is 2. The van der Waals surface area contributed by atoms with Gasteiger partial charge in [0.05, 0.1) is 17.1 Å². The maximum atomic E-state index is 11.9. The van der Waals surface area contributed by atoms with Crippen molar-refractivity contribution in [1.82, 2.24) is 4.90 Å². The summed E-state index contributed by atoms with van der Waals surface area (Å²) in [6.45, 7) is 4.91. The number of benzene rings is 1. The normalized spacial score (nSPS) is 10.9. The molecule has 0 atom stereocenters. The van der Waals surface area contributed by atoms with Crippen LogP contribution >= 0.6 is 11.6 Å². The lowest BCUT2D eigenvalue weighted by molar-refractivity contribution is -0.137. The van der Waals surface area contributed by atoms with Crippen LogP contribution in [0, 0.1) is 0 Å². The first-order valence-corrected chi connectivity index (χ1v) is 7.28. The maximum absolute atomic E-state index is 11.9. The molecule has 116 valence electrons. The predicted molar refractivity (Wildman–Crippen MR) is 83.7 cm³/mol. The van der Waals surface area contributed by atoms with Crippen molar-refractivity contribution in [3.05, 3.63) is 29.3 Å². The molecule has 0 radical (unpaired) electrons. The second-order valence-electron chi connectivity index (χ2n) is 5.05. The lowest BCUT2D eigenvalue weighted by atomic mass is 10.2. The molecule has 2 N–H and O–H groups in total. The first-order chi connectivity index (χ1) is 9.90. The van der Waals surface area contributed by atoms with Crippen molar-refractivity contribution in [3.8, 4) is 0 Å². The highest BCUT2D eigenvalue weighted by molar-refractivity contribution is 6.33. The number of para-hydroxylation sites is 1. The number of carboxylic acid groups (broad SMARTS) is 1. The van der Waals surface area contributed by atoms with E-state index in [1.807, 2.05) is 18.7 Å². The molecule has 1 aromatic rings. The number of hydrogen-bond donors (Lipinski definition) is 2. The summed E-state index contributed by atoms with van der Waals surface area (Å²) in [7, 11) is 0. The highest BCUT2D eigenvalue weighted by Crippen LogP contribution is 2.20. The van der Waals surface area contributed by atoms with Gasteiger partial charge in [0, 0.05) is 25.6 Å². The summed E-state index contributed by atoms with van der Waals surface area (Å²) in [5.41, 5.74) is 0.589. The smallest absolute Gasteiger partial charge is 0.304 e. The minimum atomic E-state index is -0.832. The Kier molecular flexibility index (Phi) is 7.19. The summed E-state index contributed by atoms with van der Waals surface area (Å²) in [5, 5.41) is 12.0. The summed E-state index contributed by atoms with van der Waals surface area (Å²) in [5.74, 6) is -0.967. The van der Waals surface area contributed by atoms with Gasteiger partial charge in [0.25, 0.3) is 0 Å². The summed E-state index contributed by atoms with van der Waals surface area (Å²) in [6.07, 6.45) is 0.368. The summed E-state index contributed by atoms with van der Waals surface area (Å²) < 4.78 is 0. The van der Waals surface area contributed by atoms with Crippen molar-refractivity contribution in [2.24, 2.45) is 0 Å². The molecule has 0 aliphatic rings. The number of carbonyl (C=O) groups excluding carboxylic acids is 1. The molecule has 0 saturated carbocycles. The zero-order chi connectivity index (χ0) is 15.8. The molecular weight excluding hydrogens is 292 g/mol. The molecule has 0 aliphatic heterocycles. The van der Waals surface area contributed by atoms with Crippen LogP contribution in [0.25, 0.3) is 0 Å². The first-order valence-electron chi connectivity index (χ1n) is 6.90. The number of nitrogens with one attached hydrogen (secondary N) is 1. The molecule has 21 heavy (non-hydrogen) atoms. The van der Waals surface area contributed by atoms with Crippen LogP contribution in [-0.2, 0) is 9.59 Å². The van der Waals surface area contributed by atoms with E-state index in [0.717, 1.165) is 0 Å². The number of halogens is 1. The number of rotatable bonds is 8. The van der Waals surface area contributed by atoms with Gasteiger partial charge >= 0.3 is 5.97 Å². The van der Waals surface area contributed by atoms with Gasteiger partial charge in [-0.1, -0.05) is 23.7 Å². The van der Waals surface area contributed by atoms with E-state index in [2.05, 4.69) is 5.32 Å². The molecule has 0 spiro atoms. The Hall–Kier alpha value is -1.59. The molecule has 0 unspecified atom stereocenters. The Morgan fingerprint density at radius 2 is 1.86 bits per heavy atom. The van der Waals surface area contributed by atoms with Crippen molar-refractivity contribution < 1.29 is 14.7 Å². The number of anilines is 1. The average molecular weight is 313 g/mol. The summed E-state index contributed by atoms with van der Waals surface area (Å²) in [6, 6.07) is 7.24. The molecule has 1 rings (SSSR count). The van der Waals surface area contributed by atoms with Gasteiger partial charge < -0.3 is 10.4 Å². The van der Waals surface area contributed by atoms with Crippen LogP contribution in [0.1, 0.15) is 26.7 Å². The van der Waals surface area contributed by atoms with Gasteiger partial charge in [-0.25, -0.2) is 0 Å². The van der Waals surface area contributed by atoms with E-state index in [-0.39, 0.29) is 18.4 Å². The molecule has 6 heteroatoms. The second-order valence-corrected chi connectivity index (χ2v) is 5.46. The standard InChI is InChI=1S/C15H21ClN2O3/c1-11(2)18(10-8-15(20)21)9-7-14(19)17-13-6-4-3-5-12(13)16/h3-6,11H,7-10H2,1-2H3,(H,17,19)(H,20,21). The van der Waals surface area contributed by atoms with Gasteiger partial charge in [-0.3, -0.25) is 14.5 Å². The molecule has 1 amide bonds. The number of carboxylic acids is 1. The van der Waals surface area contributed by atoms with Crippen LogP contribution in [-0.4, -0.2) is 41.0 Å². The monoisotopic (exact) mass is 312 g/mol. The number of amides is 1. The van der Waals surface area contributed by atoms with Gasteiger partial charge in [-0.2, -0.15) is 0 Å². The third kappa shape index (κ3) is 6.60. The lowest BCUT2D eigenvalue weighted by Gasteiger charge is -2.25. The minimum absolute atomic E-state index is 0.0737. The second kappa shape index (κ2) is 8.64. The number of aliphatic carboxylic acids is 1. The third-order valence-electron chi connectivity index (χ3n) is 3.12. The van der Waals surface area contributed by atoms with Gasteiger partial charge in [-0.15, -0.1) is 0 Å². The van der Waals surface area contributed by atoms with Gasteiger partial charge in [0.1, 0.15) is 0 Å². The molecule has 0 bridgehead atoms. The highest BCUT2D eigenvalue weighted by Gasteiger charge is 2.13. The molecule has 0 saturated heterocycles. The average Bonchev–Trinajstić information content (AvgIpc) is 2.40. The largest absolute Gasteiger partial charge is 0.481 e. The molecule has 1 aromatic carbocycles. The first kappa shape index (κ1) is 17.5. The minimum Gasteiger partial charge on any atom is -0.481 e. The Labute approximate surface area is 129 Å². The maximum Gasteiger partial charge on any atom is 0.304 e. The fourth-order valence-electron chi connectivity index (χ4n) is 1.89. The highest BCUT2D eigenvalue weighted by atomic mass is 35.5. The topological polar surface area (TPSA) is 69.6 Å². The summed E-state index contributed by atoms with van der Waals surface area (Å²) >= 11 is 5.98. The lowest BCUT2D eigenvalue weighted by Crippen LogP contribution is -2.35. The van der Waals surface area contributed by atoms with E-state index in [9.17, 15) is 9.59 Å². The van der Waals surface area contributed by atoms with E-state index < -0.39 is 5.97 Å². The Morgan fingerprint density at radius 1 is 1.24 bits per heavy atom. The zero-order valence-corrected chi connectivity index (χ0v) is 13.1. The Bertz CT molecular complexity index is 492. The van der Waals surface area contributed by atoms with E-state index in [1.54, 1.807) is 24.3 Å². The van der Waals surface area contributed by atoms with Crippen molar-refractivity contribution >= 4 is 29.2 Å². The zero-order valence-electron chi connectivity index (χ0n) is 12.3. The molecule has 0 aromatic heterocycles. The van der Waals surface area contributed by atoms with Gasteiger partial charge in [0.2, 0.25) is 5.91 Å². The quantitative estimate of drug-likeness (QED) is 0.774. The van der Waals surface area contributed by atoms with Crippen molar-refractivity contribution in [1.29, 1.82) is 0 Å². The fourth-order valence-corrected chi connectivity index (χ4v) is 2.07. The number of hydrogen-bond acceptors (Lipinski definition) is 3. The van der Waals surface area contributed by atoms with Crippen LogP contribution in [0.3, 0.4) is 0 Å². The van der Waals surface area contributed by atoms with Crippen LogP contribution < -0.4 is 5.32 Å². The van der Waals surface area contributed by atoms with Crippen LogP contribution in [0.5, 0.6) is 0 Å². The fraction of sp³-hybridized carbons (Fsp3) is 0.467. The SMILES string of the molecule is CC(C)N(CCC(=O)O)CCC(=O)Nc1ccccc1Cl. The van der Waals surface area contributed by atoms with E-state index in [4.69, 9.17) is 16.7 Å².